The maximum Gasteiger partial charge on any atom is 0.166 e. The fourth-order valence-corrected chi connectivity index (χ4v) is 2.90. The summed E-state index contributed by atoms with van der Waals surface area (Å²) in [6, 6.07) is 5.02. The van der Waals surface area contributed by atoms with Gasteiger partial charge in [-0.25, -0.2) is 0 Å². The summed E-state index contributed by atoms with van der Waals surface area (Å²) in [4.78, 5) is 12.2. The number of rotatable bonds is 15. The molecule has 0 amide bonds. The van der Waals surface area contributed by atoms with Crippen molar-refractivity contribution in [2.45, 2.75) is 90.9 Å². The molecule has 1 aromatic carbocycles. The van der Waals surface area contributed by atoms with Gasteiger partial charge in [0, 0.05) is 12.5 Å². The highest BCUT2D eigenvalue weighted by atomic mass is 16.5. The van der Waals surface area contributed by atoms with Crippen LogP contribution in [-0.2, 0) is 0 Å². The molecule has 0 atom stereocenters. The molecule has 0 radical (unpaired) electrons. The van der Waals surface area contributed by atoms with E-state index in [1.54, 1.807) is 18.2 Å². The zero-order valence-electron chi connectivity index (χ0n) is 16.2. The Bertz CT molecular complexity index is 482. The van der Waals surface area contributed by atoms with Crippen molar-refractivity contribution < 1.29 is 14.6 Å². The lowest BCUT2D eigenvalue weighted by molar-refractivity contribution is 0.0976. The number of aromatic hydroxyl groups is 1. The second-order valence-corrected chi connectivity index (χ2v) is 6.88. The molecule has 0 aliphatic carbocycles. The van der Waals surface area contributed by atoms with Gasteiger partial charge in [-0.15, -0.1) is 0 Å². The first-order chi connectivity index (χ1) is 12.2. The van der Waals surface area contributed by atoms with Crippen molar-refractivity contribution >= 4 is 5.78 Å². The number of phenols is 1. The van der Waals surface area contributed by atoms with Crippen molar-refractivity contribution in [2.75, 3.05) is 6.61 Å². The highest BCUT2D eigenvalue weighted by Crippen LogP contribution is 2.25. The summed E-state index contributed by atoms with van der Waals surface area (Å²) in [6.45, 7) is 4.98. The lowest BCUT2D eigenvalue weighted by Gasteiger charge is -2.08. The number of carbonyl (C=O) groups is 1. The Morgan fingerprint density at radius 3 is 2.08 bits per heavy atom. The summed E-state index contributed by atoms with van der Waals surface area (Å²) in [7, 11) is 0. The standard InChI is InChI=1S/C22H36O3/c1-3-5-7-8-9-10-11-12-13-14-21(23)20-16-15-19(18-22(20)24)25-17-6-4-2/h15-16,18,24H,3-14,17H2,1-2H3. The number of benzene rings is 1. The third kappa shape index (κ3) is 9.52. The van der Waals surface area contributed by atoms with Gasteiger partial charge in [0.25, 0.3) is 0 Å². The lowest BCUT2D eigenvalue weighted by atomic mass is 10.0. The van der Waals surface area contributed by atoms with Crippen molar-refractivity contribution in [2.24, 2.45) is 0 Å². The molecule has 0 unspecified atom stereocenters. The second kappa shape index (κ2) is 13.7. The molecule has 1 aromatic rings. The van der Waals surface area contributed by atoms with E-state index in [1.807, 2.05) is 0 Å². The fraction of sp³-hybridized carbons (Fsp3) is 0.682. The average Bonchev–Trinajstić information content (AvgIpc) is 2.60. The van der Waals surface area contributed by atoms with E-state index in [2.05, 4.69) is 13.8 Å². The number of hydrogen-bond acceptors (Lipinski definition) is 3. The average molecular weight is 349 g/mol. The molecule has 0 fully saturated rings. The summed E-state index contributed by atoms with van der Waals surface area (Å²) in [5.74, 6) is 0.695. The van der Waals surface area contributed by atoms with Gasteiger partial charge in [-0.05, 0) is 25.0 Å². The third-order valence-electron chi connectivity index (χ3n) is 4.54. The summed E-state index contributed by atoms with van der Waals surface area (Å²) < 4.78 is 5.55. The monoisotopic (exact) mass is 348 g/mol. The molecule has 3 heteroatoms. The van der Waals surface area contributed by atoms with Crippen LogP contribution in [0.2, 0.25) is 0 Å². The smallest absolute Gasteiger partial charge is 0.166 e. The molecule has 1 rings (SSSR count). The van der Waals surface area contributed by atoms with Crippen molar-refractivity contribution in [1.29, 1.82) is 0 Å². The van der Waals surface area contributed by atoms with E-state index in [9.17, 15) is 9.90 Å². The normalized spacial score (nSPS) is 10.8. The van der Waals surface area contributed by atoms with Crippen LogP contribution in [0.5, 0.6) is 11.5 Å². The van der Waals surface area contributed by atoms with Gasteiger partial charge >= 0.3 is 0 Å². The van der Waals surface area contributed by atoms with Crippen LogP contribution in [0.1, 0.15) is 101 Å². The molecule has 3 nitrogen and oxygen atoms in total. The minimum Gasteiger partial charge on any atom is -0.507 e. The van der Waals surface area contributed by atoms with Gasteiger partial charge in [0.1, 0.15) is 11.5 Å². The molecule has 0 spiro atoms. The fourth-order valence-electron chi connectivity index (χ4n) is 2.90. The minimum atomic E-state index is 0.0283. The number of phenolic OH excluding ortho intramolecular Hbond substituents is 1. The Morgan fingerprint density at radius 2 is 1.48 bits per heavy atom. The quantitative estimate of drug-likeness (QED) is 0.284. The molecular formula is C22H36O3. The molecule has 0 saturated heterocycles. The highest BCUT2D eigenvalue weighted by Gasteiger charge is 2.11. The van der Waals surface area contributed by atoms with Gasteiger partial charge in [-0.2, -0.15) is 0 Å². The molecule has 0 saturated carbocycles. The Morgan fingerprint density at radius 1 is 0.880 bits per heavy atom. The zero-order valence-corrected chi connectivity index (χ0v) is 16.2. The van der Waals surface area contributed by atoms with Crippen LogP contribution in [0.15, 0.2) is 18.2 Å². The van der Waals surface area contributed by atoms with Crippen LogP contribution in [0.25, 0.3) is 0 Å². The van der Waals surface area contributed by atoms with Gasteiger partial charge in [0.15, 0.2) is 5.78 Å². The van der Waals surface area contributed by atoms with E-state index >= 15 is 0 Å². The predicted molar refractivity (Wildman–Crippen MR) is 105 cm³/mol. The van der Waals surface area contributed by atoms with E-state index in [0.29, 0.717) is 24.3 Å². The van der Waals surface area contributed by atoms with Crippen LogP contribution in [-0.4, -0.2) is 17.5 Å². The lowest BCUT2D eigenvalue weighted by Crippen LogP contribution is -2.01. The summed E-state index contributed by atoms with van der Waals surface area (Å²) in [5.41, 5.74) is 0.419. The molecule has 0 aliphatic rings. The van der Waals surface area contributed by atoms with E-state index in [0.717, 1.165) is 25.7 Å². The van der Waals surface area contributed by atoms with Crippen LogP contribution >= 0.6 is 0 Å². The van der Waals surface area contributed by atoms with E-state index < -0.39 is 0 Å². The van der Waals surface area contributed by atoms with Crippen molar-refractivity contribution in [3.05, 3.63) is 23.8 Å². The Balaban J connectivity index is 2.21. The minimum absolute atomic E-state index is 0.0283. The number of hydrogen-bond donors (Lipinski definition) is 1. The maximum absolute atomic E-state index is 12.2. The van der Waals surface area contributed by atoms with Gasteiger partial charge in [-0.3, -0.25) is 4.79 Å². The van der Waals surface area contributed by atoms with Crippen LogP contribution in [0, 0.1) is 0 Å². The van der Waals surface area contributed by atoms with Gasteiger partial charge in [-0.1, -0.05) is 71.6 Å². The molecule has 0 heterocycles. The molecule has 1 N–H and O–H groups in total. The Kier molecular flexibility index (Phi) is 11.8. The number of Topliss-reactive ketones (excluding diaryl/α,β-unsaturated/α-hetero) is 1. The maximum atomic E-state index is 12.2. The molecular weight excluding hydrogens is 312 g/mol. The van der Waals surface area contributed by atoms with Crippen molar-refractivity contribution in [3.8, 4) is 11.5 Å². The van der Waals surface area contributed by atoms with Gasteiger partial charge in [0.05, 0.1) is 12.2 Å². The Labute approximate surface area is 153 Å². The molecule has 0 bridgehead atoms. The number of carbonyl (C=O) groups excluding carboxylic acids is 1. The highest BCUT2D eigenvalue weighted by molar-refractivity contribution is 5.98. The molecule has 25 heavy (non-hydrogen) atoms. The number of unbranched alkanes of at least 4 members (excludes halogenated alkanes) is 9. The SMILES string of the molecule is CCCCCCCCCCCC(=O)c1ccc(OCCCC)cc1O. The molecule has 142 valence electrons. The first kappa shape index (κ1) is 21.5. The number of ether oxygens (including phenoxy) is 1. The number of ketones is 1. The molecule has 0 aromatic heterocycles. The largest absolute Gasteiger partial charge is 0.507 e. The summed E-state index contributed by atoms with van der Waals surface area (Å²) >= 11 is 0. The Hall–Kier alpha value is -1.51. The first-order valence-corrected chi connectivity index (χ1v) is 10.2. The van der Waals surface area contributed by atoms with Crippen LogP contribution in [0.4, 0.5) is 0 Å². The summed E-state index contributed by atoms with van der Waals surface area (Å²) in [6.07, 6.45) is 13.7. The predicted octanol–water partition coefficient (Wildman–Crippen LogP) is 6.67. The van der Waals surface area contributed by atoms with E-state index in [1.165, 1.54) is 44.9 Å². The summed E-state index contributed by atoms with van der Waals surface area (Å²) in [5, 5.41) is 10.1. The van der Waals surface area contributed by atoms with Crippen molar-refractivity contribution in [3.63, 3.8) is 0 Å². The van der Waals surface area contributed by atoms with Gasteiger partial charge < -0.3 is 9.84 Å². The topological polar surface area (TPSA) is 46.5 Å². The van der Waals surface area contributed by atoms with Crippen molar-refractivity contribution in [1.82, 2.24) is 0 Å². The second-order valence-electron chi connectivity index (χ2n) is 6.88. The zero-order chi connectivity index (χ0) is 18.3. The van der Waals surface area contributed by atoms with Crippen LogP contribution < -0.4 is 4.74 Å². The van der Waals surface area contributed by atoms with E-state index in [4.69, 9.17) is 4.74 Å². The van der Waals surface area contributed by atoms with E-state index in [-0.39, 0.29) is 11.5 Å². The van der Waals surface area contributed by atoms with Crippen LogP contribution in [0.3, 0.4) is 0 Å². The van der Waals surface area contributed by atoms with Gasteiger partial charge in [0.2, 0.25) is 0 Å². The molecule has 0 aliphatic heterocycles. The third-order valence-corrected chi connectivity index (χ3v) is 4.54. The first-order valence-electron chi connectivity index (χ1n) is 10.2.